The van der Waals surface area contributed by atoms with E-state index >= 15 is 0 Å². The Bertz CT molecular complexity index is 1130. The van der Waals surface area contributed by atoms with Crippen molar-refractivity contribution in [3.63, 3.8) is 0 Å². The molecular formula is C23H23N3O3S. The zero-order chi connectivity index (χ0) is 21.6. The highest BCUT2D eigenvalue weighted by molar-refractivity contribution is 7.92. The van der Waals surface area contributed by atoms with Crippen LogP contribution in [-0.4, -0.2) is 26.6 Å². The summed E-state index contributed by atoms with van der Waals surface area (Å²) in [5.41, 5.74) is 5.34. The Morgan fingerprint density at radius 3 is 2.07 bits per heavy atom. The van der Waals surface area contributed by atoms with Crippen LogP contribution in [0.3, 0.4) is 0 Å². The molecule has 154 valence electrons. The molecule has 0 spiro atoms. The van der Waals surface area contributed by atoms with Crippen molar-refractivity contribution in [2.45, 2.75) is 18.7 Å². The molecule has 0 atom stereocenters. The third-order valence-electron chi connectivity index (χ3n) is 4.48. The minimum atomic E-state index is -3.93. The number of rotatable bonds is 7. The molecule has 0 saturated heterocycles. The van der Waals surface area contributed by atoms with Crippen molar-refractivity contribution in [2.24, 2.45) is 5.10 Å². The maximum Gasteiger partial charge on any atom is 0.264 e. The van der Waals surface area contributed by atoms with Crippen molar-refractivity contribution in [1.29, 1.82) is 0 Å². The Kier molecular flexibility index (Phi) is 6.64. The number of anilines is 1. The van der Waals surface area contributed by atoms with E-state index in [0.29, 0.717) is 11.4 Å². The van der Waals surface area contributed by atoms with Gasteiger partial charge in [0.15, 0.2) is 0 Å². The largest absolute Gasteiger partial charge is 0.271 e. The number of hydrazone groups is 1. The Balaban J connectivity index is 1.86. The fourth-order valence-electron chi connectivity index (χ4n) is 2.80. The van der Waals surface area contributed by atoms with Gasteiger partial charge in [0.2, 0.25) is 0 Å². The molecule has 0 unspecified atom stereocenters. The zero-order valence-electron chi connectivity index (χ0n) is 16.8. The van der Waals surface area contributed by atoms with E-state index in [1.54, 1.807) is 49.4 Å². The van der Waals surface area contributed by atoms with Crippen LogP contribution in [0, 0.1) is 6.92 Å². The molecule has 0 aliphatic rings. The molecular weight excluding hydrogens is 398 g/mol. The van der Waals surface area contributed by atoms with Crippen LogP contribution < -0.4 is 9.73 Å². The summed E-state index contributed by atoms with van der Waals surface area (Å²) in [5.74, 6) is -0.537. The molecule has 0 saturated carbocycles. The highest BCUT2D eigenvalue weighted by Crippen LogP contribution is 2.23. The number of nitrogens with zero attached hydrogens (tertiary/aromatic N) is 2. The maximum atomic E-state index is 13.2. The lowest BCUT2D eigenvalue weighted by molar-refractivity contribution is -0.119. The minimum Gasteiger partial charge on any atom is -0.271 e. The third-order valence-corrected chi connectivity index (χ3v) is 6.27. The number of carbonyl (C=O) groups is 1. The standard InChI is InChI=1S/C23H23N3O3S/c1-18-13-15-21(16-14-18)26(30(28,29)22-11-7-4-8-12-22)17-23(27)25-24-19(2)20-9-5-3-6-10-20/h3-16H,17H2,1-2H3,(H,25,27)/b24-19-. The summed E-state index contributed by atoms with van der Waals surface area (Å²) in [5, 5.41) is 4.11. The smallest absolute Gasteiger partial charge is 0.264 e. The van der Waals surface area contributed by atoms with E-state index in [1.165, 1.54) is 12.1 Å². The van der Waals surface area contributed by atoms with E-state index in [2.05, 4.69) is 10.5 Å². The average molecular weight is 422 g/mol. The van der Waals surface area contributed by atoms with Gasteiger partial charge in [-0.05, 0) is 43.7 Å². The Morgan fingerprint density at radius 1 is 0.900 bits per heavy atom. The van der Waals surface area contributed by atoms with Crippen molar-refractivity contribution < 1.29 is 13.2 Å². The van der Waals surface area contributed by atoms with Gasteiger partial charge in [-0.1, -0.05) is 66.2 Å². The quantitative estimate of drug-likeness (QED) is 0.466. The van der Waals surface area contributed by atoms with Crippen LogP contribution in [-0.2, 0) is 14.8 Å². The maximum absolute atomic E-state index is 13.2. The topological polar surface area (TPSA) is 78.8 Å². The number of benzene rings is 3. The first-order valence-corrected chi connectivity index (χ1v) is 10.8. The lowest BCUT2D eigenvalue weighted by atomic mass is 10.1. The molecule has 0 aliphatic heterocycles. The van der Waals surface area contributed by atoms with Crippen molar-refractivity contribution in [3.8, 4) is 0 Å². The first-order valence-electron chi connectivity index (χ1n) is 9.41. The molecule has 3 rings (SSSR count). The van der Waals surface area contributed by atoms with Gasteiger partial charge in [0.25, 0.3) is 15.9 Å². The molecule has 3 aromatic carbocycles. The van der Waals surface area contributed by atoms with Gasteiger partial charge >= 0.3 is 0 Å². The first-order chi connectivity index (χ1) is 14.4. The zero-order valence-corrected chi connectivity index (χ0v) is 17.6. The summed E-state index contributed by atoms with van der Waals surface area (Å²) in [4.78, 5) is 12.7. The minimum absolute atomic E-state index is 0.113. The van der Waals surface area contributed by atoms with Crippen molar-refractivity contribution in [2.75, 3.05) is 10.8 Å². The van der Waals surface area contributed by atoms with E-state index in [0.717, 1.165) is 15.4 Å². The van der Waals surface area contributed by atoms with E-state index in [1.807, 2.05) is 37.3 Å². The Labute approximate surface area is 176 Å². The average Bonchev–Trinajstić information content (AvgIpc) is 2.77. The Hall–Kier alpha value is -3.45. The SMILES string of the molecule is C/C(=N/NC(=O)CN(c1ccc(C)cc1)S(=O)(=O)c1ccccc1)c1ccccc1. The number of aryl methyl sites for hydroxylation is 1. The Morgan fingerprint density at radius 2 is 1.47 bits per heavy atom. The van der Waals surface area contributed by atoms with Crippen LogP contribution in [0.5, 0.6) is 0 Å². The molecule has 1 amide bonds. The first kappa shape index (κ1) is 21.3. The van der Waals surface area contributed by atoms with Gasteiger partial charge in [0.1, 0.15) is 6.54 Å². The fraction of sp³-hybridized carbons (Fsp3) is 0.130. The number of carbonyl (C=O) groups excluding carboxylic acids is 1. The molecule has 0 bridgehead atoms. The highest BCUT2D eigenvalue weighted by Gasteiger charge is 2.27. The number of hydrogen-bond acceptors (Lipinski definition) is 4. The molecule has 0 heterocycles. The summed E-state index contributed by atoms with van der Waals surface area (Å²) in [6.45, 7) is 3.29. The second-order valence-corrected chi connectivity index (χ2v) is 8.62. The van der Waals surface area contributed by atoms with Crippen molar-refractivity contribution in [3.05, 3.63) is 96.1 Å². The van der Waals surface area contributed by atoms with Crippen LogP contribution >= 0.6 is 0 Å². The van der Waals surface area contributed by atoms with Gasteiger partial charge in [0.05, 0.1) is 16.3 Å². The highest BCUT2D eigenvalue weighted by atomic mass is 32.2. The van der Waals surface area contributed by atoms with Crippen LogP contribution in [0.15, 0.2) is 94.9 Å². The summed E-state index contributed by atoms with van der Waals surface area (Å²) in [6, 6.07) is 24.4. The summed E-state index contributed by atoms with van der Waals surface area (Å²) in [6.07, 6.45) is 0. The molecule has 0 aliphatic carbocycles. The van der Waals surface area contributed by atoms with Crippen molar-refractivity contribution in [1.82, 2.24) is 5.43 Å². The van der Waals surface area contributed by atoms with Crippen molar-refractivity contribution >= 4 is 27.3 Å². The molecule has 1 N–H and O–H groups in total. The normalized spacial score (nSPS) is 11.7. The predicted octanol–water partition coefficient (Wildman–Crippen LogP) is 3.73. The summed E-state index contributed by atoms with van der Waals surface area (Å²) in [7, 11) is -3.93. The van der Waals surface area contributed by atoms with Gasteiger partial charge in [-0.3, -0.25) is 9.10 Å². The number of hydrogen-bond donors (Lipinski definition) is 1. The molecule has 7 heteroatoms. The molecule has 3 aromatic rings. The monoisotopic (exact) mass is 421 g/mol. The summed E-state index contributed by atoms with van der Waals surface area (Å²) >= 11 is 0. The number of amides is 1. The van der Waals surface area contributed by atoms with E-state index in [-0.39, 0.29) is 4.90 Å². The second kappa shape index (κ2) is 9.37. The molecule has 0 aromatic heterocycles. The number of sulfonamides is 1. The summed E-state index contributed by atoms with van der Waals surface area (Å²) < 4.78 is 27.5. The predicted molar refractivity (Wildman–Crippen MR) is 119 cm³/mol. The molecule has 30 heavy (non-hydrogen) atoms. The van der Waals surface area contributed by atoms with Crippen LogP contribution in [0.25, 0.3) is 0 Å². The van der Waals surface area contributed by atoms with E-state index in [4.69, 9.17) is 0 Å². The van der Waals surface area contributed by atoms with E-state index in [9.17, 15) is 13.2 Å². The van der Waals surface area contributed by atoms with Gasteiger partial charge in [0, 0.05) is 0 Å². The van der Waals surface area contributed by atoms with Crippen LogP contribution in [0.2, 0.25) is 0 Å². The van der Waals surface area contributed by atoms with Crippen LogP contribution in [0.1, 0.15) is 18.1 Å². The molecule has 0 fully saturated rings. The third kappa shape index (κ3) is 5.12. The van der Waals surface area contributed by atoms with Crippen LogP contribution in [0.4, 0.5) is 5.69 Å². The molecule has 0 radical (unpaired) electrons. The lowest BCUT2D eigenvalue weighted by Crippen LogP contribution is -2.39. The van der Waals surface area contributed by atoms with Gasteiger partial charge < -0.3 is 0 Å². The second-order valence-electron chi connectivity index (χ2n) is 6.76. The lowest BCUT2D eigenvalue weighted by Gasteiger charge is -2.23. The van der Waals surface area contributed by atoms with E-state index < -0.39 is 22.5 Å². The number of nitrogens with one attached hydrogen (secondary N) is 1. The van der Waals surface area contributed by atoms with Gasteiger partial charge in [-0.25, -0.2) is 13.8 Å². The molecule has 6 nitrogen and oxygen atoms in total. The fourth-order valence-corrected chi connectivity index (χ4v) is 4.24. The van der Waals surface area contributed by atoms with Gasteiger partial charge in [-0.2, -0.15) is 5.10 Å². The van der Waals surface area contributed by atoms with Gasteiger partial charge in [-0.15, -0.1) is 0 Å².